The number of aryl methyl sites for hydroxylation is 1. The number of aliphatic hydroxyl groups is 1. The van der Waals surface area contributed by atoms with Crippen molar-refractivity contribution in [3.63, 3.8) is 0 Å². The number of benzene rings is 1. The molecule has 0 saturated heterocycles. The van der Waals surface area contributed by atoms with Gasteiger partial charge in [0.15, 0.2) is 0 Å². The summed E-state index contributed by atoms with van der Waals surface area (Å²) >= 11 is 0. The Balaban J connectivity index is 1.85. The number of likely N-dealkylation sites (N-methyl/N-ethyl adjacent to an activating group) is 1. The average Bonchev–Trinajstić information content (AvgIpc) is 2.86. The van der Waals surface area contributed by atoms with Crippen LogP contribution in [0.2, 0.25) is 0 Å². The molecule has 126 valence electrons. The third kappa shape index (κ3) is 4.94. The van der Waals surface area contributed by atoms with E-state index in [9.17, 15) is 9.90 Å². The van der Waals surface area contributed by atoms with Gasteiger partial charge < -0.3 is 25.6 Å². The maximum Gasteiger partial charge on any atom is 0.315 e. The number of aromatic nitrogens is 2. The van der Waals surface area contributed by atoms with Crippen molar-refractivity contribution >= 4 is 17.1 Å². The average molecular weight is 319 g/mol. The fourth-order valence-corrected chi connectivity index (χ4v) is 2.54. The highest BCUT2D eigenvalue weighted by molar-refractivity contribution is 5.78. The van der Waals surface area contributed by atoms with Gasteiger partial charge in [0.1, 0.15) is 5.82 Å². The first kappa shape index (κ1) is 17.2. The van der Waals surface area contributed by atoms with Gasteiger partial charge in [0.25, 0.3) is 0 Å². The Kier molecular flexibility index (Phi) is 5.23. The predicted octanol–water partition coefficient (Wildman–Crippen LogP) is 0.983. The van der Waals surface area contributed by atoms with Crippen LogP contribution in [-0.2, 0) is 6.54 Å². The molecule has 23 heavy (non-hydrogen) atoms. The molecule has 1 atom stereocenters. The zero-order valence-corrected chi connectivity index (χ0v) is 14.1. The molecule has 0 radical (unpaired) electrons. The first-order valence-corrected chi connectivity index (χ1v) is 7.60. The lowest BCUT2D eigenvalue weighted by atomic mass is 10.1. The summed E-state index contributed by atoms with van der Waals surface area (Å²) in [5, 5.41) is 15.6. The van der Waals surface area contributed by atoms with Crippen molar-refractivity contribution in [1.82, 2.24) is 25.5 Å². The summed E-state index contributed by atoms with van der Waals surface area (Å²) in [6, 6.07) is 5.59. The molecule has 7 nitrogen and oxygen atoms in total. The molecule has 2 rings (SSSR count). The molecule has 1 heterocycles. The number of amides is 2. The SMILES string of the molecule is Cc1cccc2[nH]c(CNC(=O)NCC(C)(O)CN(C)C)nc12. The van der Waals surface area contributed by atoms with Crippen molar-refractivity contribution in [1.29, 1.82) is 0 Å². The van der Waals surface area contributed by atoms with E-state index in [-0.39, 0.29) is 12.6 Å². The third-order valence-corrected chi connectivity index (χ3v) is 3.47. The molecule has 4 N–H and O–H groups in total. The van der Waals surface area contributed by atoms with Crippen LogP contribution in [0.4, 0.5) is 4.79 Å². The first-order valence-electron chi connectivity index (χ1n) is 7.60. The van der Waals surface area contributed by atoms with Crippen LogP contribution in [-0.4, -0.2) is 58.8 Å². The number of fused-ring (bicyclic) bond motifs is 1. The van der Waals surface area contributed by atoms with Crippen LogP contribution < -0.4 is 10.6 Å². The minimum Gasteiger partial charge on any atom is -0.387 e. The minimum atomic E-state index is -0.975. The van der Waals surface area contributed by atoms with Gasteiger partial charge in [-0.3, -0.25) is 0 Å². The maximum absolute atomic E-state index is 11.8. The van der Waals surface area contributed by atoms with Gasteiger partial charge in [-0.05, 0) is 39.6 Å². The predicted molar refractivity (Wildman–Crippen MR) is 90.2 cm³/mol. The lowest BCUT2D eigenvalue weighted by Crippen LogP contribution is -2.49. The van der Waals surface area contributed by atoms with Gasteiger partial charge in [0.2, 0.25) is 0 Å². The van der Waals surface area contributed by atoms with Gasteiger partial charge in [-0.25, -0.2) is 9.78 Å². The lowest BCUT2D eigenvalue weighted by Gasteiger charge is -2.27. The van der Waals surface area contributed by atoms with Gasteiger partial charge in [0.05, 0.1) is 23.2 Å². The Bertz CT molecular complexity index is 678. The molecule has 0 aliphatic carbocycles. The molecule has 1 aromatic heterocycles. The molecule has 2 aromatic rings. The number of nitrogens with zero attached hydrogens (tertiary/aromatic N) is 2. The molecule has 0 saturated carbocycles. The number of imidazole rings is 1. The molecule has 2 amide bonds. The van der Waals surface area contributed by atoms with Crippen LogP contribution in [0.3, 0.4) is 0 Å². The van der Waals surface area contributed by atoms with Crippen LogP contribution in [0.5, 0.6) is 0 Å². The summed E-state index contributed by atoms with van der Waals surface area (Å²) in [7, 11) is 3.75. The van der Waals surface area contributed by atoms with Gasteiger partial charge in [-0.2, -0.15) is 0 Å². The number of urea groups is 1. The van der Waals surface area contributed by atoms with E-state index < -0.39 is 5.60 Å². The fourth-order valence-electron chi connectivity index (χ4n) is 2.54. The number of carbonyl (C=O) groups is 1. The molecule has 0 fully saturated rings. The van der Waals surface area contributed by atoms with Gasteiger partial charge in [-0.15, -0.1) is 0 Å². The summed E-state index contributed by atoms with van der Waals surface area (Å²) < 4.78 is 0. The molecule has 0 spiro atoms. The van der Waals surface area contributed by atoms with E-state index in [1.54, 1.807) is 6.92 Å². The zero-order chi connectivity index (χ0) is 17.0. The summed E-state index contributed by atoms with van der Waals surface area (Å²) in [5.74, 6) is 0.699. The monoisotopic (exact) mass is 319 g/mol. The maximum atomic E-state index is 11.8. The molecule has 1 unspecified atom stereocenters. The molecule has 0 aliphatic heterocycles. The number of nitrogens with one attached hydrogen (secondary N) is 3. The Hall–Kier alpha value is -2.12. The molecule has 7 heteroatoms. The van der Waals surface area contributed by atoms with Crippen LogP contribution in [0.15, 0.2) is 18.2 Å². The smallest absolute Gasteiger partial charge is 0.315 e. The van der Waals surface area contributed by atoms with Crippen molar-refractivity contribution in [2.45, 2.75) is 26.0 Å². The summed E-state index contributed by atoms with van der Waals surface area (Å²) in [6.07, 6.45) is 0. The van der Waals surface area contributed by atoms with Gasteiger partial charge in [0, 0.05) is 13.1 Å². The highest BCUT2D eigenvalue weighted by Crippen LogP contribution is 2.15. The van der Waals surface area contributed by atoms with Gasteiger partial charge in [-0.1, -0.05) is 12.1 Å². The van der Waals surface area contributed by atoms with E-state index in [4.69, 9.17) is 0 Å². The number of carbonyl (C=O) groups excluding carboxylic acids is 1. The van der Waals surface area contributed by atoms with Crippen molar-refractivity contribution < 1.29 is 9.90 Å². The second kappa shape index (κ2) is 6.97. The van der Waals surface area contributed by atoms with Crippen LogP contribution >= 0.6 is 0 Å². The van der Waals surface area contributed by atoms with E-state index in [0.717, 1.165) is 16.6 Å². The zero-order valence-electron chi connectivity index (χ0n) is 14.1. The number of H-pyrrole nitrogens is 1. The standard InChI is InChI=1S/C16H25N5O2/c1-11-6-5-7-12-14(11)20-13(19-12)8-17-15(22)18-9-16(2,23)10-21(3)4/h5-7,23H,8-10H2,1-4H3,(H,19,20)(H2,17,18,22). The normalized spacial score (nSPS) is 14.0. The Labute approximate surface area is 136 Å². The quantitative estimate of drug-likeness (QED) is 0.638. The number of aromatic amines is 1. The largest absolute Gasteiger partial charge is 0.387 e. The van der Waals surface area contributed by atoms with Crippen LogP contribution in [0, 0.1) is 6.92 Å². The van der Waals surface area contributed by atoms with E-state index in [2.05, 4.69) is 20.6 Å². The fraction of sp³-hybridized carbons (Fsp3) is 0.500. The van der Waals surface area contributed by atoms with Crippen LogP contribution in [0.25, 0.3) is 11.0 Å². The van der Waals surface area contributed by atoms with E-state index in [0.29, 0.717) is 18.9 Å². The van der Waals surface area contributed by atoms with Gasteiger partial charge >= 0.3 is 6.03 Å². The second-order valence-electron chi connectivity index (χ2n) is 6.43. The minimum absolute atomic E-state index is 0.177. The highest BCUT2D eigenvalue weighted by Gasteiger charge is 2.22. The summed E-state index contributed by atoms with van der Waals surface area (Å²) in [4.78, 5) is 21.4. The first-order chi connectivity index (χ1) is 10.8. The Morgan fingerprint density at radius 1 is 1.39 bits per heavy atom. The van der Waals surface area contributed by atoms with Crippen molar-refractivity contribution in [2.75, 3.05) is 27.2 Å². The number of hydrogen-bond acceptors (Lipinski definition) is 4. The second-order valence-corrected chi connectivity index (χ2v) is 6.43. The molecule has 0 aliphatic rings. The van der Waals surface area contributed by atoms with E-state index in [1.165, 1.54) is 0 Å². The molecule has 0 bridgehead atoms. The number of para-hydroxylation sites is 1. The molecular weight excluding hydrogens is 294 g/mol. The Morgan fingerprint density at radius 2 is 2.13 bits per heavy atom. The summed E-state index contributed by atoms with van der Waals surface area (Å²) in [5.41, 5.74) is 1.99. The van der Waals surface area contributed by atoms with E-state index >= 15 is 0 Å². The topological polar surface area (TPSA) is 93.3 Å². The third-order valence-electron chi connectivity index (χ3n) is 3.47. The van der Waals surface area contributed by atoms with Crippen LogP contribution in [0.1, 0.15) is 18.3 Å². The number of hydrogen-bond donors (Lipinski definition) is 4. The van der Waals surface area contributed by atoms with E-state index in [1.807, 2.05) is 44.1 Å². The van der Waals surface area contributed by atoms with Crippen molar-refractivity contribution in [3.05, 3.63) is 29.6 Å². The lowest BCUT2D eigenvalue weighted by molar-refractivity contribution is 0.0360. The molecule has 1 aromatic carbocycles. The van der Waals surface area contributed by atoms with Crippen molar-refractivity contribution in [3.8, 4) is 0 Å². The van der Waals surface area contributed by atoms with Crippen molar-refractivity contribution in [2.24, 2.45) is 0 Å². The number of rotatable bonds is 6. The summed E-state index contributed by atoms with van der Waals surface area (Å²) in [6.45, 7) is 4.64. The Morgan fingerprint density at radius 3 is 2.78 bits per heavy atom. The highest BCUT2D eigenvalue weighted by atomic mass is 16.3. The molecular formula is C16H25N5O2.